The van der Waals surface area contributed by atoms with Gasteiger partial charge in [-0.1, -0.05) is 53.2 Å². The van der Waals surface area contributed by atoms with E-state index in [1.54, 1.807) is 0 Å². The lowest BCUT2D eigenvalue weighted by atomic mass is 9.32. The maximum absolute atomic E-state index is 12.8. The molecule has 42 heavy (non-hydrogen) atoms. The molecule has 0 amide bonds. The van der Waals surface area contributed by atoms with E-state index in [0.717, 1.165) is 37.8 Å². The van der Waals surface area contributed by atoms with Crippen molar-refractivity contribution in [2.45, 2.75) is 138 Å². The molecule has 1 heterocycles. The van der Waals surface area contributed by atoms with Gasteiger partial charge in [0.05, 0.1) is 19.3 Å². The lowest BCUT2D eigenvalue weighted by Gasteiger charge is -2.73. The first kappa shape index (κ1) is 31.1. The summed E-state index contributed by atoms with van der Waals surface area (Å²) in [6, 6.07) is 0. The van der Waals surface area contributed by atoms with Crippen LogP contribution in [0.15, 0.2) is 12.2 Å². The van der Waals surface area contributed by atoms with Crippen LogP contribution in [-0.4, -0.2) is 48.3 Å². The van der Waals surface area contributed by atoms with Crippen molar-refractivity contribution >= 4 is 5.97 Å². The number of rotatable bonds is 6. The molecule has 0 spiro atoms. The molecule has 0 aromatic rings. The molecule has 1 aliphatic heterocycles. The van der Waals surface area contributed by atoms with Gasteiger partial charge in [0.2, 0.25) is 0 Å². The fourth-order valence-electron chi connectivity index (χ4n) is 13.4. The minimum atomic E-state index is -0.161. The number of allylic oxidation sites excluding steroid dienone is 1. The fraction of sp³-hybridized carbons (Fsp3) is 0.921. The fourth-order valence-corrected chi connectivity index (χ4v) is 13.4. The number of hydrogen-bond donors (Lipinski definition) is 1. The van der Waals surface area contributed by atoms with Crippen molar-refractivity contribution in [3.8, 4) is 0 Å². The summed E-state index contributed by atoms with van der Waals surface area (Å²) in [6.07, 6.45) is 17.1. The molecule has 6 rings (SSSR count). The number of hydrogen-bond acceptors (Lipinski definition) is 4. The first-order valence-electron chi connectivity index (χ1n) is 18.0. The maximum Gasteiger partial charge on any atom is 0.320 e. The van der Waals surface area contributed by atoms with Gasteiger partial charge in [-0.3, -0.25) is 9.69 Å². The summed E-state index contributed by atoms with van der Waals surface area (Å²) in [7, 11) is 0. The number of esters is 1. The van der Waals surface area contributed by atoms with E-state index in [1.165, 1.54) is 82.6 Å². The van der Waals surface area contributed by atoms with Crippen molar-refractivity contribution in [1.29, 1.82) is 0 Å². The highest BCUT2D eigenvalue weighted by molar-refractivity contribution is 5.71. The Kier molecular flexibility index (Phi) is 8.07. The number of aliphatic hydroxyl groups excluding tert-OH is 1. The van der Waals surface area contributed by atoms with Crippen LogP contribution in [0.25, 0.3) is 0 Å². The Bertz CT molecular complexity index is 1050. The van der Waals surface area contributed by atoms with Gasteiger partial charge in [-0.25, -0.2) is 0 Å². The van der Waals surface area contributed by atoms with E-state index in [1.807, 2.05) is 0 Å². The van der Waals surface area contributed by atoms with Gasteiger partial charge in [-0.15, -0.1) is 0 Å². The summed E-state index contributed by atoms with van der Waals surface area (Å²) in [6.45, 7) is 22.8. The van der Waals surface area contributed by atoms with Crippen molar-refractivity contribution in [2.75, 3.05) is 26.2 Å². The Morgan fingerprint density at radius 2 is 1.60 bits per heavy atom. The minimum absolute atomic E-state index is 0.00966. The third-order valence-corrected chi connectivity index (χ3v) is 15.9. The van der Waals surface area contributed by atoms with E-state index in [9.17, 15) is 9.90 Å². The molecule has 1 saturated heterocycles. The zero-order valence-electron chi connectivity index (χ0n) is 28.1. The van der Waals surface area contributed by atoms with E-state index in [-0.39, 0.29) is 17.5 Å². The SMILES string of the molecule is C=C(C)[C@@H]1CC[C@]2(CCOC(=O)CN3CCCCC3)CC[C@]3(C)[C@H](CC[C@@H]4[C@@]5(C)CCC(O)C(C)(C)[C@@H]5CC[C@]43C)[C@@H]12. The second-order valence-corrected chi connectivity index (χ2v) is 17.7. The van der Waals surface area contributed by atoms with Gasteiger partial charge < -0.3 is 9.84 Å². The minimum Gasteiger partial charge on any atom is -0.465 e. The Morgan fingerprint density at radius 3 is 2.31 bits per heavy atom. The van der Waals surface area contributed by atoms with Crippen molar-refractivity contribution in [3.05, 3.63) is 12.2 Å². The second kappa shape index (κ2) is 10.9. The van der Waals surface area contributed by atoms with Crippen molar-refractivity contribution < 1.29 is 14.6 Å². The number of piperidine rings is 1. The van der Waals surface area contributed by atoms with Gasteiger partial charge in [0.25, 0.3) is 0 Å². The predicted molar refractivity (Wildman–Crippen MR) is 171 cm³/mol. The van der Waals surface area contributed by atoms with Gasteiger partial charge in [0.1, 0.15) is 0 Å². The van der Waals surface area contributed by atoms with Gasteiger partial charge in [-0.2, -0.15) is 0 Å². The summed E-state index contributed by atoms with van der Waals surface area (Å²) in [5.74, 6) is 3.34. The Balaban J connectivity index is 1.22. The number of nitrogens with zero attached hydrogens (tertiary/aromatic N) is 1. The number of carbonyl (C=O) groups excluding carboxylic acids is 1. The lowest BCUT2D eigenvalue weighted by molar-refractivity contribution is -0.248. The van der Waals surface area contributed by atoms with Crippen molar-refractivity contribution in [2.24, 2.45) is 56.7 Å². The monoisotopic (exact) mass is 581 g/mol. The van der Waals surface area contributed by atoms with E-state index < -0.39 is 0 Å². The van der Waals surface area contributed by atoms with Gasteiger partial charge in [0, 0.05) is 0 Å². The molecule has 10 atom stereocenters. The van der Waals surface area contributed by atoms with Crippen LogP contribution < -0.4 is 0 Å². The molecule has 5 saturated carbocycles. The molecule has 5 aliphatic carbocycles. The van der Waals surface area contributed by atoms with Crippen LogP contribution >= 0.6 is 0 Å². The largest absolute Gasteiger partial charge is 0.465 e. The molecule has 1 N–H and O–H groups in total. The maximum atomic E-state index is 12.8. The first-order chi connectivity index (χ1) is 19.8. The molecule has 0 radical (unpaired) electrons. The Hall–Kier alpha value is -0.870. The quantitative estimate of drug-likeness (QED) is 0.253. The first-order valence-corrected chi connectivity index (χ1v) is 18.0. The van der Waals surface area contributed by atoms with Crippen molar-refractivity contribution in [1.82, 2.24) is 4.90 Å². The van der Waals surface area contributed by atoms with Crippen molar-refractivity contribution in [3.63, 3.8) is 0 Å². The van der Waals surface area contributed by atoms with E-state index >= 15 is 0 Å². The standard InChI is InChI=1S/C38H63NO3/c1-26(2)27-13-18-38(21-24-42-32(41)25-39-22-9-8-10-23-39)20-19-36(6)28(33(27)38)11-12-30-35(5)16-15-31(40)34(3,4)29(35)14-17-37(30,36)7/h27-31,33,40H,1,8-25H2,2-7H3/t27-,28+,29-,30+,31?,33+,35-,36+,37+,38+/m0/s1. The molecule has 6 aliphatic rings. The highest BCUT2D eigenvalue weighted by atomic mass is 16.5. The van der Waals surface area contributed by atoms with Crippen LogP contribution in [-0.2, 0) is 9.53 Å². The lowest BCUT2D eigenvalue weighted by Crippen LogP contribution is -2.66. The summed E-state index contributed by atoms with van der Waals surface area (Å²) >= 11 is 0. The number of fused-ring (bicyclic) bond motifs is 7. The number of carbonyl (C=O) groups is 1. The zero-order valence-corrected chi connectivity index (χ0v) is 28.1. The molecule has 1 unspecified atom stereocenters. The molecule has 238 valence electrons. The molecule has 0 bridgehead atoms. The van der Waals surface area contributed by atoms with E-state index in [4.69, 9.17) is 4.74 Å². The molecule has 4 nitrogen and oxygen atoms in total. The van der Waals surface area contributed by atoms with Crippen LogP contribution in [0.4, 0.5) is 0 Å². The number of ether oxygens (including phenoxy) is 1. The van der Waals surface area contributed by atoms with Crippen LogP contribution in [0.1, 0.15) is 131 Å². The topological polar surface area (TPSA) is 49.8 Å². The van der Waals surface area contributed by atoms with Gasteiger partial charge in [0.15, 0.2) is 0 Å². The van der Waals surface area contributed by atoms with Gasteiger partial charge in [-0.05, 0) is 160 Å². The van der Waals surface area contributed by atoms with E-state index in [2.05, 4.69) is 53.0 Å². The van der Waals surface area contributed by atoms with Crippen LogP contribution in [0.3, 0.4) is 0 Å². The molecule has 0 aromatic carbocycles. The molecule has 4 heteroatoms. The highest BCUT2D eigenvalue weighted by Crippen LogP contribution is 2.77. The summed E-state index contributed by atoms with van der Waals surface area (Å²) in [5.41, 5.74) is 2.69. The Morgan fingerprint density at radius 1 is 0.857 bits per heavy atom. The number of aliphatic hydroxyl groups is 1. The normalized spacial score (nSPS) is 48.4. The summed E-state index contributed by atoms with van der Waals surface area (Å²) < 4.78 is 5.99. The Labute approximate surface area is 257 Å². The summed E-state index contributed by atoms with van der Waals surface area (Å²) in [5, 5.41) is 11.0. The third-order valence-electron chi connectivity index (χ3n) is 15.9. The second-order valence-electron chi connectivity index (χ2n) is 17.7. The van der Waals surface area contributed by atoms with Gasteiger partial charge >= 0.3 is 5.97 Å². The molecule has 0 aromatic heterocycles. The predicted octanol–water partition coefficient (Wildman–Crippen LogP) is 8.42. The average Bonchev–Trinajstić information content (AvgIpc) is 3.32. The molecular weight excluding hydrogens is 518 g/mol. The smallest absolute Gasteiger partial charge is 0.320 e. The van der Waals surface area contributed by atoms with Crippen LogP contribution in [0.2, 0.25) is 0 Å². The zero-order chi connectivity index (χ0) is 30.1. The molecular formula is C38H63NO3. The molecule has 6 fully saturated rings. The average molecular weight is 582 g/mol. The third kappa shape index (κ3) is 4.61. The van der Waals surface area contributed by atoms with Crippen LogP contribution in [0.5, 0.6) is 0 Å². The van der Waals surface area contributed by atoms with E-state index in [0.29, 0.717) is 52.6 Å². The highest BCUT2D eigenvalue weighted by Gasteiger charge is 2.70. The summed E-state index contributed by atoms with van der Waals surface area (Å²) in [4.78, 5) is 15.1. The van der Waals surface area contributed by atoms with Crippen LogP contribution in [0, 0.1) is 56.7 Å². The number of likely N-dealkylation sites (tertiary alicyclic amines) is 1.